The first-order chi connectivity index (χ1) is 8.39. The summed E-state index contributed by atoms with van der Waals surface area (Å²) in [6, 6.07) is 5.30. The second-order valence-electron chi connectivity index (χ2n) is 4.47. The van der Waals surface area contributed by atoms with E-state index in [-0.39, 0.29) is 0 Å². The number of halogens is 1. The van der Waals surface area contributed by atoms with E-state index in [1.807, 2.05) is 19.1 Å². The Labute approximate surface area is 118 Å². The molecule has 0 radical (unpaired) electrons. The molecule has 1 aromatic rings. The molecule has 0 N–H and O–H groups in total. The second-order valence-corrected chi connectivity index (χ2v) is 7.34. The molecule has 18 heavy (non-hydrogen) atoms. The van der Waals surface area contributed by atoms with Gasteiger partial charge in [0.15, 0.2) is 0 Å². The number of hydrogen-bond donors (Lipinski definition) is 0. The summed E-state index contributed by atoms with van der Waals surface area (Å²) in [4.78, 5) is 0.340. The number of benzene rings is 1. The number of aryl methyl sites for hydroxylation is 1. The summed E-state index contributed by atoms with van der Waals surface area (Å²) in [5.41, 5.74) is 1.04. The third kappa shape index (κ3) is 3.80. The molecule has 0 saturated heterocycles. The molecule has 0 atom stereocenters. The van der Waals surface area contributed by atoms with Crippen LogP contribution < -0.4 is 0 Å². The van der Waals surface area contributed by atoms with Gasteiger partial charge in [0.2, 0.25) is 10.0 Å². The van der Waals surface area contributed by atoms with Crippen LogP contribution in [0.25, 0.3) is 0 Å². The fourth-order valence-electron chi connectivity index (χ4n) is 1.69. The minimum Gasteiger partial charge on any atom is -0.207 e. The first kappa shape index (κ1) is 15.7. The van der Waals surface area contributed by atoms with Crippen LogP contribution in [0.2, 0.25) is 0 Å². The molecule has 0 bridgehead atoms. The Kier molecular flexibility index (Phi) is 5.82. The van der Waals surface area contributed by atoms with Gasteiger partial charge in [-0.1, -0.05) is 25.8 Å². The van der Waals surface area contributed by atoms with Crippen molar-refractivity contribution in [2.24, 2.45) is 0 Å². The largest absolute Gasteiger partial charge is 0.243 e. The van der Waals surface area contributed by atoms with E-state index in [0.29, 0.717) is 15.9 Å². The Balaban J connectivity index is 2.91. The maximum Gasteiger partial charge on any atom is 0.243 e. The summed E-state index contributed by atoms with van der Waals surface area (Å²) in [5, 5.41) is 0. The molecule has 0 fully saturated rings. The second kappa shape index (κ2) is 6.68. The standard InChI is InChI=1S/C13H20BrNO2S/c1-4-5-6-9-15(3)18(16,17)13-8-7-11(2)10-12(13)14/h7-8,10H,4-6,9H2,1-3H3. The molecule has 0 amide bonds. The first-order valence-corrected chi connectivity index (χ1v) is 8.35. The fraction of sp³-hybridized carbons (Fsp3) is 0.538. The summed E-state index contributed by atoms with van der Waals surface area (Å²) in [6.45, 7) is 4.60. The van der Waals surface area contributed by atoms with Crippen molar-refractivity contribution in [1.82, 2.24) is 4.31 Å². The molecule has 0 aromatic heterocycles. The number of hydrogen-bond acceptors (Lipinski definition) is 2. The van der Waals surface area contributed by atoms with Gasteiger partial charge in [0.1, 0.15) is 0 Å². The third-order valence-corrected chi connectivity index (χ3v) is 5.69. The zero-order valence-electron chi connectivity index (χ0n) is 11.1. The fourth-order valence-corrected chi connectivity index (χ4v) is 4.05. The Morgan fingerprint density at radius 2 is 1.94 bits per heavy atom. The Hall–Kier alpha value is -0.390. The van der Waals surface area contributed by atoms with Crippen LogP contribution in [0.3, 0.4) is 0 Å². The van der Waals surface area contributed by atoms with Crippen molar-refractivity contribution in [3.05, 3.63) is 28.2 Å². The Morgan fingerprint density at radius 3 is 2.50 bits per heavy atom. The molecular weight excluding hydrogens is 314 g/mol. The number of nitrogens with zero attached hydrogens (tertiary/aromatic N) is 1. The van der Waals surface area contributed by atoms with Gasteiger partial charge in [-0.2, -0.15) is 0 Å². The quantitative estimate of drug-likeness (QED) is 0.746. The van der Waals surface area contributed by atoms with E-state index in [1.54, 1.807) is 13.1 Å². The van der Waals surface area contributed by atoms with Crippen molar-refractivity contribution in [1.29, 1.82) is 0 Å². The van der Waals surface area contributed by atoms with Gasteiger partial charge in [-0.15, -0.1) is 0 Å². The molecule has 0 heterocycles. The molecule has 0 saturated carbocycles. The predicted octanol–water partition coefficient (Wildman–Crippen LogP) is 3.57. The summed E-state index contributed by atoms with van der Waals surface area (Å²) in [7, 11) is -1.74. The molecule has 0 spiro atoms. The summed E-state index contributed by atoms with van der Waals surface area (Å²) >= 11 is 3.33. The van der Waals surface area contributed by atoms with Gasteiger partial charge in [-0.05, 0) is 47.0 Å². The van der Waals surface area contributed by atoms with E-state index in [1.165, 1.54) is 4.31 Å². The van der Waals surface area contributed by atoms with Gasteiger partial charge >= 0.3 is 0 Å². The van der Waals surface area contributed by atoms with Crippen LogP contribution >= 0.6 is 15.9 Å². The Morgan fingerprint density at radius 1 is 1.28 bits per heavy atom. The van der Waals surface area contributed by atoms with Gasteiger partial charge < -0.3 is 0 Å². The van der Waals surface area contributed by atoms with Gasteiger partial charge in [0.25, 0.3) is 0 Å². The van der Waals surface area contributed by atoms with Crippen LogP contribution in [0.1, 0.15) is 31.7 Å². The first-order valence-electron chi connectivity index (χ1n) is 6.12. The summed E-state index contributed by atoms with van der Waals surface area (Å²) in [5.74, 6) is 0. The lowest BCUT2D eigenvalue weighted by molar-refractivity contribution is 0.454. The lowest BCUT2D eigenvalue weighted by Crippen LogP contribution is -2.28. The summed E-state index contributed by atoms with van der Waals surface area (Å²) in [6.07, 6.45) is 3.03. The van der Waals surface area contributed by atoms with E-state index < -0.39 is 10.0 Å². The maximum atomic E-state index is 12.4. The van der Waals surface area contributed by atoms with Gasteiger partial charge in [0.05, 0.1) is 4.90 Å². The zero-order valence-corrected chi connectivity index (χ0v) is 13.5. The van der Waals surface area contributed by atoms with Crippen molar-refractivity contribution < 1.29 is 8.42 Å². The predicted molar refractivity (Wildman–Crippen MR) is 78.2 cm³/mol. The monoisotopic (exact) mass is 333 g/mol. The van der Waals surface area contributed by atoms with E-state index in [9.17, 15) is 8.42 Å². The highest BCUT2D eigenvalue weighted by molar-refractivity contribution is 9.10. The lowest BCUT2D eigenvalue weighted by Gasteiger charge is -2.18. The van der Waals surface area contributed by atoms with Crippen molar-refractivity contribution >= 4 is 26.0 Å². The number of rotatable bonds is 6. The van der Waals surface area contributed by atoms with Crippen molar-refractivity contribution in [2.45, 2.75) is 38.0 Å². The van der Waals surface area contributed by atoms with E-state index in [0.717, 1.165) is 24.8 Å². The average molecular weight is 334 g/mol. The number of unbranched alkanes of at least 4 members (excludes halogenated alkanes) is 2. The maximum absolute atomic E-state index is 12.4. The van der Waals surface area contributed by atoms with Crippen LogP contribution in [0, 0.1) is 6.92 Å². The molecule has 0 aliphatic rings. The molecule has 5 heteroatoms. The van der Waals surface area contributed by atoms with Crippen LogP contribution in [0.5, 0.6) is 0 Å². The normalized spacial score (nSPS) is 12.1. The molecule has 0 aliphatic carbocycles. The van der Waals surface area contributed by atoms with Crippen molar-refractivity contribution in [2.75, 3.05) is 13.6 Å². The topological polar surface area (TPSA) is 37.4 Å². The Bertz CT molecular complexity index is 500. The zero-order chi connectivity index (χ0) is 13.8. The highest BCUT2D eigenvalue weighted by Crippen LogP contribution is 2.25. The molecule has 0 aliphatic heterocycles. The molecule has 1 aromatic carbocycles. The van der Waals surface area contributed by atoms with Crippen LogP contribution in [-0.2, 0) is 10.0 Å². The smallest absolute Gasteiger partial charge is 0.207 e. The molecule has 3 nitrogen and oxygen atoms in total. The van der Waals surface area contributed by atoms with Gasteiger partial charge in [-0.25, -0.2) is 12.7 Å². The molecule has 0 unspecified atom stereocenters. The highest BCUT2D eigenvalue weighted by atomic mass is 79.9. The lowest BCUT2D eigenvalue weighted by atomic mass is 10.2. The van der Waals surface area contributed by atoms with Crippen LogP contribution in [0.15, 0.2) is 27.6 Å². The average Bonchev–Trinajstić information content (AvgIpc) is 2.28. The van der Waals surface area contributed by atoms with Crippen molar-refractivity contribution in [3.8, 4) is 0 Å². The summed E-state index contributed by atoms with van der Waals surface area (Å²) < 4.78 is 26.8. The number of sulfonamides is 1. The van der Waals surface area contributed by atoms with E-state index >= 15 is 0 Å². The minimum atomic E-state index is -3.38. The molecule has 102 valence electrons. The van der Waals surface area contributed by atoms with Crippen LogP contribution in [-0.4, -0.2) is 26.3 Å². The van der Waals surface area contributed by atoms with E-state index in [2.05, 4.69) is 22.9 Å². The molecule has 1 rings (SSSR count). The van der Waals surface area contributed by atoms with Crippen LogP contribution in [0.4, 0.5) is 0 Å². The van der Waals surface area contributed by atoms with Crippen molar-refractivity contribution in [3.63, 3.8) is 0 Å². The SMILES string of the molecule is CCCCCN(C)S(=O)(=O)c1ccc(C)cc1Br. The third-order valence-electron chi connectivity index (χ3n) is 2.85. The van der Waals surface area contributed by atoms with E-state index in [4.69, 9.17) is 0 Å². The van der Waals surface area contributed by atoms with Gasteiger partial charge in [-0.3, -0.25) is 0 Å². The van der Waals surface area contributed by atoms with Gasteiger partial charge in [0, 0.05) is 18.1 Å². The molecular formula is C13H20BrNO2S. The minimum absolute atomic E-state index is 0.340. The highest BCUT2D eigenvalue weighted by Gasteiger charge is 2.22.